The van der Waals surface area contributed by atoms with Gasteiger partial charge in [0.1, 0.15) is 6.61 Å². The van der Waals surface area contributed by atoms with Crippen LogP contribution in [0.2, 0.25) is 0 Å². The molecule has 1 N–H and O–H groups in total. The zero-order valence-electron chi connectivity index (χ0n) is 55.4. The minimum absolute atomic E-state index is 0.0669. The Morgan fingerprint density at radius 3 is 0.774 bits per heavy atom. The van der Waals surface area contributed by atoms with Crippen LogP contribution in [-0.2, 0) is 19.1 Å². The normalized spacial score (nSPS) is 12.9. The van der Waals surface area contributed by atoms with Gasteiger partial charge in [-0.3, -0.25) is 9.59 Å². The number of hydrogen-bond donors (Lipinski definition) is 1. The molecule has 0 rings (SSSR count). The number of ether oxygens (including phenoxy) is 2. The molecule has 482 valence electrons. The van der Waals surface area contributed by atoms with Crippen molar-refractivity contribution < 1.29 is 24.2 Å². The fraction of sp³-hybridized carbons (Fsp3) is 0.722. The molecular formula is C79H136O5. The van der Waals surface area contributed by atoms with E-state index in [4.69, 9.17) is 9.47 Å². The fourth-order valence-corrected chi connectivity index (χ4v) is 10.4. The Labute approximate surface area is 522 Å². The first-order valence-electron chi connectivity index (χ1n) is 36.1. The highest BCUT2D eigenvalue weighted by molar-refractivity contribution is 5.70. The molecule has 5 heteroatoms. The van der Waals surface area contributed by atoms with Crippen LogP contribution in [-0.4, -0.2) is 36.4 Å². The molecule has 1 unspecified atom stereocenters. The Hall–Kier alpha value is -3.70. The predicted octanol–water partition coefficient (Wildman–Crippen LogP) is 25.3. The summed E-state index contributed by atoms with van der Waals surface area (Å²) in [7, 11) is 0. The molecule has 84 heavy (non-hydrogen) atoms. The Kier molecular flexibility index (Phi) is 70.3. The Morgan fingerprint density at radius 2 is 0.512 bits per heavy atom. The van der Waals surface area contributed by atoms with Crippen LogP contribution in [0.1, 0.15) is 348 Å². The molecule has 0 saturated carbocycles. The Morgan fingerprint density at radius 1 is 0.286 bits per heavy atom. The molecule has 1 atom stereocenters. The molecule has 0 radical (unpaired) electrons. The monoisotopic (exact) mass is 1170 g/mol. The van der Waals surface area contributed by atoms with Crippen molar-refractivity contribution in [1.29, 1.82) is 0 Å². The summed E-state index contributed by atoms with van der Waals surface area (Å²) in [6.07, 6.45) is 108. The maximum absolute atomic E-state index is 12.4. The summed E-state index contributed by atoms with van der Waals surface area (Å²) >= 11 is 0. The maximum atomic E-state index is 12.4. The first-order chi connectivity index (χ1) is 41.6. The first-order valence-corrected chi connectivity index (χ1v) is 36.1. The third-order valence-corrected chi connectivity index (χ3v) is 15.7. The highest BCUT2D eigenvalue weighted by Crippen LogP contribution is 2.18. The second-order valence-corrected chi connectivity index (χ2v) is 23.9. The number of aliphatic hydroxyl groups is 1. The lowest BCUT2D eigenvalue weighted by atomic mass is 10.0. The number of aliphatic hydroxyl groups excluding tert-OH is 1. The molecule has 0 aliphatic carbocycles. The topological polar surface area (TPSA) is 72.8 Å². The van der Waals surface area contributed by atoms with Crippen molar-refractivity contribution in [2.75, 3.05) is 13.2 Å². The summed E-state index contributed by atoms with van der Waals surface area (Å²) in [4.78, 5) is 24.7. The molecule has 0 bridgehead atoms. The van der Waals surface area contributed by atoms with Crippen molar-refractivity contribution in [3.63, 3.8) is 0 Å². The van der Waals surface area contributed by atoms with Gasteiger partial charge in [0.05, 0.1) is 6.61 Å². The van der Waals surface area contributed by atoms with Crippen molar-refractivity contribution in [3.05, 3.63) is 122 Å². The lowest BCUT2D eigenvalue weighted by Crippen LogP contribution is -2.28. The summed E-state index contributed by atoms with van der Waals surface area (Å²) < 4.78 is 10.8. The Balaban J connectivity index is 3.46. The summed E-state index contributed by atoms with van der Waals surface area (Å²) in [6, 6.07) is 0. The van der Waals surface area contributed by atoms with Gasteiger partial charge in [0.25, 0.3) is 0 Å². The van der Waals surface area contributed by atoms with Crippen LogP contribution in [0.15, 0.2) is 122 Å². The minimum atomic E-state index is -0.778. The van der Waals surface area contributed by atoms with Crippen LogP contribution in [0.4, 0.5) is 0 Å². The second kappa shape index (κ2) is 73.6. The summed E-state index contributed by atoms with van der Waals surface area (Å²) in [5, 5.41) is 9.71. The van der Waals surface area contributed by atoms with E-state index >= 15 is 0 Å². The first kappa shape index (κ1) is 80.3. The molecule has 0 saturated heterocycles. The lowest BCUT2D eigenvalue weighted by molar-refractivity contribution is -0.161. The fourth-order valence-electron chi connectivity index (χ4n) is 10.4. The highest BCUT2D eigenvalue weighted by atomic mass is 16.6. The van der Waals surface area contributed by atoms with Gasteiger partial charge in [0.2, 0.25) is 0 Å². The summed E-state index contributed by atoms with van der Waals surface area (Å²) in [5.74, 6) is -0.580. The van der Waals surface area contributed by atoms with Gasteiger partial charge in [-0.1, -0.05) is 347 Å². The van der Waals surface area contributed by atoms with Crippen LogP contribution < -0.4 is 0 Å². The van der Waals surface area contributed by atoms with Gasteiger partial charge in [-0.2, -0.15) is 0 Å². The smallest absolute Gasteiger partial charge is 0.306 e. The number of unbranched alkanes of at least 4 members (excludes halogenated alkanes) is 38. The zero-order valence-corrected chi connectivity index (χ0v) is 55.4. The minimum Gasteiger partial charge on any atom is -0.462 e. The van der Waals surface area contributed by atoms with Crippen molar-refractivity contribution in [1.82, 2.24) is 0 Å². The average molecular weight is 1170 g/mol. The number of allylic oxidation sites excluding steroid dienone is 20. The maximum Gasteiger partial charge on any atom is 0.306 e. The molecular weight excluding hydrogens is 1030 g/mol. The van der Waals surface area contributed by atoms with Gasteiger partial charge in [-0.25, -0.2) is 0 Å². The molecule has 0 aromatic carbocycles. The van der Waals surface area contributed by atoms with E-state index in [1.54, 1.807) is 0 Å². The lowest BCUT2D eigenvalue weighted by Gasteiger charge is -2.15. The third-order valence-electron chi connectivity index (χ3n) is 15.7. The van der Waals surface area contributed by atoms with Crippen LogP contribution in [0.3, 0.4) is 0 Å². The van der Waals surface area contributed by atoms with Crippen molar-refractivity contribution in [2.24, 2.45) is 0 Å². The predicted molar refractivity (Wildman–Crippen MR) is 371 cm³/mol. The molecule has 0 aromatic heterocycles. The van der Waals surface area contributed by atoms with Crippen LogP contribution in [0, 0.1) is 0 Å². The van der Waals surface area contributed by atoms with E-state index in [1.807, 2.05) is 0 Å². The van der Waals surface area contributed by atoms with Crippen molar-refractivity contribution in [2.45, 2.75) is 354 Å². The highest BCUT2D eigenvalue weighted by Gasteiger charge is 2.16. The second-order valence-electron chi connectivity index (χ2n) is 23.9. The summed E-state index contributed by atoms with van der Waals surface area (Å²) in [5.41, 5.74) is 0. The van der Waals surface area contributed by atoms with Gasteiger partial charge in [-0.05, 0) is 109 Å². The van der Waals surface area contributed by atoms with E-state index in [2.05, 4.69) is 135 Å². The number of carbonyl (C=O) groups excluding carboxylic acids is 2. The van der Waals surface area contributed by atoms with Crippen molar-refractivity contribution >= 4 is 11.9 Å². The van der Waals surface area contributed by atoms with Gasteiger partial charge >= 0.3 is 11.9 Å². The van der Waals surface area contributed by atoms with Gasteiger partial charge in [0.15, 0.2) is 6.10 Å². The average Bonchev–Trinajstić information content (AvgIpc) is 3.51. The van der Waals surface area contributed by atoms with Crippen molar-refractivity contribution in [3.8, 4) is 0 Å². The number of esters is 2. The SMILES string of the molecule is CC/C=C\C/C=C\C/C=C\C/C=C\C/C=C\C/C=C\C/C=C\CCCCCCCCCCCCCCCCCCCCCC(=O)OC(CO)COC(=O)CCCCCCCCCCCCCCCC/C=C\C/C=C\C/C=C\CCCCCCC. The van der Waals surface area contributed by atoms with Gasteiger partial charge < -0.3 is 14.6 Å². The zero-order chi connectivity index (χ0) is 60.5. The molecule has 0 aliphatic rings. The number of rotatable bonds is 66. The molecule has 0 aliphatic heterocycles. The molecule has 5 nitrogen and oxygen atoms in total. The van der Waals surface area contributed by atoms with E-state index in [0.29, 0.717) is 12.8 Å². The van der Waals surface area contributed by atoms with E-state index in [9.17, 15) is 14.7 Å². The quantitative estimate of drug-likeness (QED) is 0.0373. The standard InChI is InChI=1S/C79H136O5/c1-3-5-7-9-11-13-15-17-19-21-23-25-27-29-31-33-34-35-36-37-38-39-40-41-42-43-44-46-48-50-52-54-56-58-60-62-64-66-68-70-72-74-79(82)84-77(75-80)76-83-78(81)73-71-69-67-65-63-61-59-57-55-53-51-49-47-45-32-30-28-26-24-22-20-18-16-14-12-10-8-6-4-2/h5,7,11,13,16-19,22-25,28-31,34-35,37-38,77,80H,3-4,6,8-10,12,14-15,20-21,26-27,32-33,36,39-76H2,1-2H3/b7-5-,13-11-,18-16-,19-17-,24-22-,25-23-,30-28-,31-29-,35-34-,38-37-. The molecule has 0 fully saturated rings. The molecule has 0 heterocycles. The van der Waals surface area contributed by atoms with Crippen LogP contribution >= 0.6 is 0 Å². The van der Waals surface area contributed by atoms with Crippen LogP contribution in [0.25, 0.3) is 0 Å². The number of hydrogen-bond acceptors (Lipinski definition) is 5. The van der Waals surface area contributed by atoms with E-state index in [-0.39, 0.29) is 25.2 Å². The van der Waals surface area contributed by atoms with E-state index in [0.717, 1.165) is 96.3 Å². The summed E-state index contributed by atoms with van der Waals surface area (Å²) in [6.45, 7) is 4.05. The van der Waals surface area contributed by atoms with Gasteiger partial charge in [0, 0.05) is 12.8 Å². The molecule has 0 amide bonds. The van der Waals surface area contributed by atoms with E-state index < -0.39 is 6.10 Å². The van der Waals surface area contributed by atoms with E-state index in [1.165, 1.54) is 225 Å². The molecule has 0 spiro atoms. The van der Waals surface area contributed by atoms with Crippen LogP contribution in [0.5, 0.6) is 0 Å². The van der Waals surface area contributed by atoms with Gasteiger partial charge in [-0.15, -0.1) is 0 Å². The Bertz CT molecular complexity index is 1650. The molecule has 0 aromatic rings. The third kappa shape index (κ3) is 70.8. The number of carbonyl (C=O) groups is 2. The largest absolute Gasteiger partial charge is 0.462 e.